The van der Waals surface area contributed by atoms with Crippen molar-refractivity contribution in [3.05, 3.63) is 60.8 Å². The molecule has 0 N–H and O–H groups in total. The van der Waals surface area contributed by atoms with E-state index in [1.54, 1.807) is 41.4 Å². The molecule has 0 unspecified atom stereocenters. The molecule has 2 aromatic heterocycles. The average Bonchev–Trinajstić information content (AvgIpc) is 3.16. The third-order valence-electron chi connectivity index (χ3n) is 2.95. The molecule has 22 heavy (non-hydrogen) atoms. The van der Waals surface area contributed by atoms with Gasteiger partial charge in [-0.2, -0.15) is 16.4 Å². The van der Waals surface area contributed by atoms with Gasteiger partial charge in [-0.05, 0) is 35.0 Å². The van der Waals surface area contributed by atoms with E-state index in [0.717, 1.165) is 21.6 Å². The number of thiophene rings is 1. The van der Waals surface area contributed by atoms with Crippen molar-refractivity contribution in [3.8, 4) is 11.3 Å². The first-order valence-electron chi connectivity index (χ1n) is 6.34. The second-order valence-electron chi connectivity index (χ2n) is 4.36. The quantitative estimate of drug-likeness (QED) is 0.583. The smallest absolute Gasteiger partial charge is 0.205 e. The number of thiazole rings is 1. The van der Waals surface area contributed by atoms with Gasteiger partial charge in [0.15, 0.2) is 0 Å². The van der Waals surface area contributed by atoms with Gasteiger partial charge in [0.05, 0.1) is 16.9 Å². The monoisotopic (exact) mass is 367 g/mol. The lowest BCUT2D eigenvalue weighted by Gasteiger charge is -2.06. The minimum Gasteiger partial charge on any atom is -0.261 e. The molecule has 0 aliphatic carbocycles. The van der Waals surface area contributed by atoms with Crippen LogP contribution >= 0.6 is 45.9 Å². The summed E-state index contributed by atoms with van der Waals surface area (Å²) in [4.78, 5) is 5.05. The summed E-state index contributed by atoms with van der Waals surface area (Å²) >= 11 is 15.5. The maximum Gasteiger partial charge on any atom is 0.205 e. The molecule has 2 heterocycles. The van der Waals surface area contributed by atoms with Crippen LogP contribution in [0.25, 0.3) is 11.3 Å². The van der Waals surface area contributed by atoms with Crippen molar-refractivity contribution >= 4 is 52.1 Å². The molecule has 7 heteroatoms. The summed E-state index contributed by atoms with van der Waals surface area (Å²) in [5.41, 5.74) is 2.75. The van der Waals surface area contributed by atoms with Crippen molar-refractivity contribution in [2.45, 2.75) is 0 Å². The lowest BCUT2D eigenvalue weighted by atomic mass is 10.2. The van der Waals surface area contributed by atoms with Gasteiger partial charge in [0.25, 0.3) is 0 Å². The second-order valence-corrected chi connectivity index (χ2v) is 6.82. The molecule has 0 aliphatic rings. The Morgan fingerprint density at radius 1 is 1.18 bits per heavy atom. The van der Waals surface area contributed by atoms with E-state index in [1.807, 2.05) is 28.3 Å². The number of hydrogen-bond acceptors (Lipinski definition) is 4. The van der Waals surface area contributed by atoms with Crippen LogP contribution in [0, 0.1) is 0 Å². The predicted molar refractivity (Wildman–Crippen MR) is 96.6 cm³/mol. The number of nitrogens with zero attached hydrogens (tertiary/aromatic N) is 3. The van der Waals surface area contributed by atoms with Crippen molar-refractivity contribution < 1.29 is 0 Å². The van der Waals surface area contributed by atoms with Crippen LogP contribution in [0.15, 0.2) is 50.5 Å². The van der Waals surface area contributed by atoms with Gasteiger partial charge in [-0.25, -0.2) is 4.68 Å². The van der Waals surface area contributed by atoms with Crippen molar-refractivity contribution in [2.24, 2.45) is 10.1 Å². The van der Waals surface area contributed by atoms with Crippen LogP contribution in [-0.4, -0.2) is 17.9 Å². The summed E-state index contributed by atoms with van der Waals surface area (Å²) in [6.45, 7) is 0. The number of halogens is 2. The van der Waals surface area contributed by atoms with Gasteiger partial charge in [-0.15, -0.1) is 11.3 Å². The summed E-state index contributed by atoms with van der Waals surface area (Å²) in [7, 11) is 1.74. The van der Waals surface area contributed by atoms with Gasteiger partial charge in [-0.1, -0.05) is 23.2 Å². The molecular weight excluding hydrogens is 357 g/mol. The molecule has 112 valence electrons. The standard InChI is InChI=1S/C15H11Cl2N3S2/c1-18-15-20(19-7-10-4-5-21-8-10)14(9-22-15)12-6-11(16)2-3-13(12)17/h2-9H,1H3. The van der Waals surface area contributed by atoms with Gasteiger partial charge in [0.2, 0.25) is 4.80 Å². The number of benzene rings is 1. The summed E-state index contributed by atoms with van der Waals surface area (Å²) in [6.07, 6.45) is 1.81. The van der Waals surface area contributed by atoms with E-state index in [0.29, 0.717) is 10.0 Å². The van der Waals surface area contributed by atoms with E-state index in [9.17, 15) is 0 Å². The average molecular weight is 368 g/mol. The number of rotatable bonds is 3. The van der Waals surface area contributed by atoms with Crippen molar-refractivity contribution in [3.63, 3.8) is 0 Å². The third-order valence-corrected chi connectivity index (χ3v) is 5.12. The fourth-order valence-corrected chi connectivity index (χ4v) is 3.71. The van der Waals surface area contributed by atoms with Crippen LogP contribution in [0.3, 0.4) is 0 Å². The fraction of sp³-hybridized carbons (Fsp3) is 0.0667. The lowest BCUT2D eigenvalue weighted by molar-refractivity contribution is 0.848. The maximum absolute atomic E-state index is 6.31. The highest BCUT2D eigenvalue weighted by Crippen LogP contribution is 2.30. The largest absolute Gasteiger partial charge is 0.261 e. The first-order valence-corrected chi connectivity index (χ1v) is 8.92. The molecule has 0 atom stereocenters. The number of aromatic nitrogens is 1. The highest BCUT2D eigenvalue weighted by atomic mass is 35.5. The van der Waals surface area contributed by atoms with Crippen LogP contribution in [-0.2, 0) is 0 Å². The zero-order chi connectivity index (χ0) is 15.5. The molecule has 0 radical (unpaired) electrons. The molecule has 3 aromatic rings. The van der Waals surface area contributed by atoms with E-state index in [-0.39, 0.29) is 0 Å². The van der Waals surface area contributed by atoms with Crippen molar-refractivity contribution in [2.75, 3.05) is 7.05 Å². The topological polar surface area (TPSA) is 29.6 Å². The Labute approximate surface area is 145 Å². The maximum atomic E-state index is 6.31. The SMILES string of the molecule is CN=c1scc(-c2cc(Cl)ccc2Cl)n1N=Cc1ccsc1. The molecule has 0 aliphatic heterocycles. The molecule has 0 spiro atoms. The summed E-state index contributed by atoms with van der Waals surface area (Å²) in [5.74, 6) is 0. The van der Waals surface area contributed by atoms with E-state index < -0.39 is 0 Å². The molecule has 3 nitrogen and oxygen atoms in total. The Kier molecular flexibility index (Phi) is 4.78. The molecular formula is C15H11Cl2N3S2. The lowest BCUT2D eigenvalue weighted by Crippen LogP contribution is -2.11. The van der Waals surface area contributed by atoms with Crippen molar-refractivity contribution in [1.29, 1.82) is 0 Å². The van der Waals surface area contributed by atoms with Crippen LogP contribution in [0.2, 0.25) is 10.0 Å². The molecule has 0 amide bonds. The Balaban J connectivity index is 2.13. The van der Waals surface area contributed by atoms with Crippen molar-refractivity contribution in [1.82, 2.24) is 4.68 Å². The van der Waals surface area contributed by atoms with Gasteiger partial charge in [0.1, 0.15) is 0 Å². The first kappa shape index (κ1) is 15.5. The predicted octanol–water partition coefficient (Wildman–Crippen LogP) is 5.00. The van der Waals surface area contributed by atoms with Crippen LogP contribution < -0.4 is 4.80 Å². The molecule has 1 aromatic carbocycles. The third kappa shape index (κ3) is 3.17. The Bertz CT molecular complexity index is 877. The summed E-state index contributed by atoms with van der Waals surface area (Å²) in [6, 6.07) is 7.40. The highest BCUT2D eigenvalue weighted by molar-refractivity contribution is 7.08. The van der Waals surface area contributed by atoms with E-state index in [2.05, 4.69) is 10.1 Å². The Hall–Kier alpha value is -1.40. The van der Waals surface area contributed by atoms with Crippen LogP contribution in [0.5, 0.6) is 0 Å². The van der Waals surface area contributed by atoms with Gasteiger partial charge in [-0.3, -0.25) is 4.99 Å². The summed E-state index contributed by atoms with van der Waals surface area (Å²) in [5, 5.41) is 11.8. The van der Waals surface area contributed by atoms with E-state index in [4.69, 9.17) is 23.2 Å². The molecule has 0 bridgehead atoms. The van der Waals surface area contributed by atoms with Gasteiger partial charge < -0.3 is 0 Å². The second kappa shape index (κ2) is 6.79. The zero-order valence-corrected chi connectivity index (χ0v) is 14.7. The normalized spacial score (nSPS) is 12.4. The number of hydrogen-bond donors (Lipinski definition) is 0. The van der Waals surface area contributed by atoms with Gasteiger partial charge in [0, 0.05) is 28.6 Å². The Morgan fingerprint density at radius 2 is 2.05 bits per heavy atom. The van der Waals surface area contributed by atoms with Crippen LogP contribution in [0.4, 0.5) is 0 Å². The molecule has 3 rings (SSSR count). The van der Waals surface area contributed by atoms with Crippen LogP contribution in [0.1, 0.15) is 5.56 Å². The minimum atomic E-state index is 0.629. The minimum absolute atomic E-state index is 0.629. The highest BCUT2D eigenvalue weighted by Gasteiger charge is 2.11. The zero-order valence-electron chi connectivity index (χ0n) is 11.5. The summed E-state index contributed by atoms with van der Waals surface area (Å²) < 4.78 is 1.78. The van der Waals surface area contributed by atoms with E-state index in [1.165, 1.54) is 11.3 Å². The molecule has 0 saturated carbocycles. The fourth-order valence-electron chi connectivity index (χ4n) is 1.91. The Morgan fingerprint density at radius 3 is 2.77 bits per heavy atom. The molecule has 0 fully saturated rings. The van der Waals surface area contributed by atoms with E-state index >= 15 is 0 Å². The molecule has 0 saturated heterocycles. The first-order chi connectivity index (χ1) is 10.7. The van der Waals surface area contributed by atoms with Gasteiger partial charge >= 0.3 is 0 Å².